The Labute approximate surface area is 108 Å². The van der Waals surface area contributed by atoms with Crippen LogP contribution in [0.5, 0.6) is 0 Å². The second-order valence-corrected chi connectivity index (χ2v) is 6.38. The van der Waals surface area contributed by atoms with Gasteiger partial charge in [-0.25, -0.2) is 0 Å². The van der Waals surface area contributed by atoms with Crippen LogP contribution in [0.1, 0.15) is 53.4 Å². The first kappa shape index (κ1) is 14.3. The van der Waals surface area contributed by atoms with E-state index in [2.05, 4.69) is 46.1 Å². The van der Waals surface area contributed by atoms with Crippen LogP contribution >= 0.6 is 0 Å². The average Bonchev–Trinajstić information content (AvgIpc) is 2.26. The van der Waals surface area contributed by atoms with Crippen molar-refractivity contribution in [3.05, 3.63) is 36.5 Å². The highest BCUT2D eigenvalue weighted by Gasteiger charge is 2.33. The van der Waals surface area contributed by atoms with E-state index in [1.165, 1.54) is 31.3 Å². The Morgan fingerprint density at radius 1 is 1.06 bits per heavy atom. The standard InChI is InChI=1S/C17H28/c1-13(2)7-10-15(4)17(5,6)16-11-8-14(3)9-12-16/h7,10,14,16H,1,4,8-9,11-12H2,2-3,5-6H3/b10-7-. The van der Waals surface area contributed by atoms with Gasteiger partial charge in [-0.2, -0.15) is 0 Å². The van der Waals surface area contributed by atoms with E-state index in [1.807, 2.05) is 6.92 Å². The van der Waals surface area contributed by atoms with Crippen LogP contribution in [0.4, 0.5) is 0 Å². The zero-order valence-corrected chi connectivity index (χ0v) is 12.1. The van der Waals surface area contributed by atoms with Crippen molar-refractivity contribution < 1.29 is 0 Å². The molecule has 0 amide bonds. The van der Waals surface area contributed by atoms with Crippen LogP contribution in [-0.4, -0.2) is 0 Å². The van der Waals surface area contributed by atoms with Crippen LogP contribution in [0.15, 0.2) is 36.5 Å². The third kappa shape index (κ3) is 3.87. The molecule has 0 spiro atoms. The van der Waals surface area contributed by atoms with Gasteiger partial charge in [0, 0.05) is 0 Å². The minimum absolute atomic E-state index is 0.228. The number of rotatable bonds is 4. The van der Waals surface area contributed by atoms with Crippen molar-refractivity contribution in [3.8, 4) is 0 Å². The molecule has 0 saturated heterocycles. The van der Waals surface area contributed by atoms with Gasteiger partial charge in [0.1, 0.15) is 0 Å². The van der Waals surface area contributed by atoms with Gasteiger partial charge in [-0.15, -0.1) is 0 Å². The fraction of sp³-hybridized carbons (Fsp3) is 0.647. The second-order valence-electron chi connectivity index (χ2n) is 6.38. The van der Waals surface area contributed by atoms with Crippen molar-refractivity contribution in [3.63, 3.8) is 0 Å². The van der Waals surface area contributed by atoms with Gasteiger partial charge < -0.3 is 0 Å². The highest BCUT2D eigenvalue weighted by molar-refractivity contribution is 5.28. The Balaban J connectivity index is 2.66. The first-order valence-electron chi connectivity index (χ1n) is 6.87. The molecule has 0 radical (unpaired) electrons. The van der Waals surface area contributed by atoms with Gasteiger partial charge >= 0.3 is 0 Å². The lowest BCUT2D eigenvalue weighted by Gasteiger charge is -2.39. The predicted octanol–water partition coefficient (Wildman–Crippen LogP) is 5.53. The van der Waals surface area contributed by atoms with E-state index in [4.69, 9.17) is 0 Å². The minimum Gasteiger partial charge on any atom is -0.0961 e. The first-order chi connectivity index (χ1) is 7.84. The maximum Gasteiger partial charge on any atom is -0.00812 e. The molecule has 1 aliphatic rings. The van der Waals surface area contributed by atoms with Gasteiger partial charge in [0.05, 0.1) is 0 Å². The van der Waals surface area contributed by atoms with Gasteiger partial charge in [0.15, 0.2) is 0 Å². The molecule has 0 aromatic heterocycles. The van der Waals surface area contributed by atoms with E-state index < -0.39 is 0 Å². The molecule has 0 aliphatic heterocycles. The quantitative estimate of drug-likeness (QED) is 0.559. The maximum absolute atomic E-state index is 4.26. The maximum atomic E-state index is 4.26. The second kappa shape index (κ2) is 5.71. The molecule has 0 heteroatoms. The highest BCUT2D eigenvalue weighted by atomic mass is 14.4. The Hall–Kier alpha value is -0.780. The van der Waals surface area contributed by atoms with Crippen molar-refractivity contribution in [1.82, 2.24) is 0 Å². The summed E-state index contributed by atoms with van der Waals surface area (Å²) in [5.74, 6) is 1.71. The third-order valence-electron chi connectivity index (χ3n) is 4.43. The van der Waals surface area contributed by atoms with Gasteiger partial charge in [-0.1, -0.05) is 64.5 Å². The monoisotopic (exact) mass is 232 g/mol. The highest BCUT2D eigenvalue weighted by Crippen LogP contribution is 2.44. The first-order valence-corrected chi connectivity index (χ1v) is 6.87. The average molecular weight is 232 g/mol. The van der Waals surface area contributed by atoms with E-state index in [9.17, 15) is 0 Å². The molecule has 1 aliphatic carbocycles. The normalized spacial score (nSPS) is 26.1. The molecule has 0 aromatic rings. The smallest absolute Gasteiger partial charge is 0.00812 e. The van der Waals surface area contributed by atoms with Crippen LogP contribution in [-0.2, 0) is 0 Å². The summed E-state index contributed by atoms with van der Waals surface area (Å²) in [6, 6.07) is 0. The van der Waals surface area contributed by atoms with E-state index in [-0.39, 0.29) is 5.41 Å². The Bertz CT molecular complexity index is 309. The van der Waals surface area contributed by atoms with Gasteiger partial charge in [-0.3, -0.25) is 0 Å². The van der Waals surface area contributed by atoms with Crippen molar-refractivity contribution in [2.45, 2.75) is 53.4 Å². The van der Waals surface area contributed by atoms with Gasteiger partial charge in [0.25, 0.3) is 0 Å². The Kier molecular flexibility index (Phi) is 4.80. The zero-order chi connectivity index (χ0) is 13.1. The molecule has 0 unspecified atom stereocenters. The van der Waals surface area contributed by atoms with Crippen molar-refractivity contribution in [1.29, 1.82) is 0 Å². The van der Waals surface area contributed by atoms with E-state index in [0.717, 1.165) is 17.4 Å². The molecule has 1 saturated carbocycles. The molecular weight excluding hydrogens is 204 g/mol. The summed E-state index contributed by atoms with van der Waals surface area (Å²) in [5.41, 5.74) is 2.57. The molecule has 0 N–H and O–H groups in total. The molecule has 0 heterocycles. The molecule has 96 valence electrons. The molecule has 0 nitrogen and oxygen atoms in total. The Morgan fingerprint density at radius 3 is 2.06 bits per heavy atom. The van der Waals surface area contributed by atoms with Crippen LogP contribution in [0.2, 0.25) is 0 Å². The molecule has 17 heavy (non-hydrogen) atoms. The van der Waals surface area contributed by atoms with Crippen molar-refractivity contribution in [2.24, 2.45) is 17.3 Å². The van der Waals surface area contributed by atoms with Crippen LogP contribution < -0.4 is 0 Å². The SMILES string of the molecule is C=C(C)/C=C\C(=C)C(C)(C)C1CCC(C)CC1. The summed E-state index contributed by atoms with van der Waals surface area (Å²) >= 11 is 0. The molecule has 0 bridgehead atoms. The molecule has 1 fully saturated rings. The lowest BCUT2D eigenvalue weighted by Crippen LogP contribution is -2.29. The fourth-order valence-corrected chi connectivity index (χ4v) is 2.70. The van der Waals surface area contributed by atoms with Crippen LogP contribution in [0.25, 0.3) is 0 Å². The van der Waals surface area contributed by atoms with Crippen LogP contribution in [0, 0.1) is 17.3 Å². The summed E-state index contributed by atoms with van der Waals surface area (Å²) < 4.78 is 0. The number of hydrogen-bond acceptors (Lipinski definition) is 0. The van der Waals surface area contributed by atoms with E-state index in [1.54, 1.807) is 0 Å². The number of hydrogen-bond donors (Lipinski definition) is 0. The lowest BCUT2D eigenvalue weighted by atomic mass is 9.66. The number of allylic oxidation sites excluding steroid dienone is 4. The van der Waals surface area contributed by atoms with Gasteiger partial charge in [0.2, 0.25) is 0 Å². The molecule has 1 rings (SSSR count). The summed E-state index contributed by atoms with van der Waals surface area (Å²) in [6.45, 7) is 17.3. The third-order valence-corrected chi connectivity index (χ3v) is 4.43. The van der Waals surface area contributed by atoms with Crippen molar-refractivity contribution in [2.75, 3.05) is 0 Å². The van der Waals surface area contributed by atoms with Crippen LogP contribution in [0.3, 0.4) is 0 Å². The summed E-state index contributed by atoms with van der Waals surface area (Å²) in [7, 11) is 0. The van der Waals surface area contributed by atoms with Crippen molar-refractivity contribution >= 4 is 0 Å². The van der Waals surface area contributed by atoms with E-state index in [0.29, 0.717) is 0 Å². The largest absolute Gasteiger partial charge is 0.0961 e. The summed E-state index contributed by atoms with van der Waals surface area (Å²) in [6.07, 6.45) is 9.70. The zero-order valence-electron chi connectivity index (χ0n) is 12.1. The summed E-state index contributed by atoms with van der Waals surface area (Å²) in [5, 5.41) is 0. The molecule has 0 atom stereocenters. The summed E-state index contributed by atoms with van der Waals surface area (Å²) in [4.78, 5) is 0. The van der Waals surface area contributed by atoms with Gasteiger partial charge in [-0.05, 0) is 42.6 Å². The Morgan fingerprint density at radius 2 is 1.59 bits per heavy atom. The molecule has 0 aromatic carbocycles. The fourth-order valence-electron chi connectivity index (χ4n) is 2.70. The predicted molar refractivity (Wildman–Crippen MR) is 78.0 cm³/mol. The molecular formula is C17H28. The topological polar surface area (TPSA) is 0 Å². The minimum atomic E-state index is 0.228. The van der Waals surface area contributed by atoms with E-state index >= 15 is 0 Å². The lowest BCUT2D eigenvalue weighted by molar-refractivity contribution is 0.174.